The van der Waals surface area contributed by atoms with Crippen LogP contribution in [0.3, 0.4) is 0 Å². The minimum Gasteiger partial charge on any atom is -0.406 e. The normalized spacial score (nSPS) is 14.8. The molecule has 13 nitrogen and oxygen atoms in total. The molecule has 0 atom stereocenters. The molecule has 21 heteroatoms. The number of amides is 1. The zero-order valence-electron chi connectivity index (χ0n) is 40.9. The Balaban J connectivity index is 0.000000186. The standard InChI is InChI=1S/C29H28ClF3N4O2.C26H23F3N4O3S/c1-2-25-27(37-18-22(30)7-12-26(37)35-25)28(38)34-17-19-3-8-23(9-4-19)36-15-13-21(14-16-36)20-5-10-24(11-6-20)39-29(31,32)33;27-26(28,29)36-20-9-11-21(12-10-20)37(34,35)22-13-15-33(16-14-22)19-7-5-18(6-8-19)32-25-23-3-1-2-4-24(23)30-17-31-25/h3-12,18,21H,2,13-17H2,1H3,(H,34,38);1-12,17,22H,13-16H2,(H,30,31,32). The number of anilines is 4. The van der Waals surface area contributed by atoms with Crippen LogP contribution in [0.25, 0.3) is 16.6 Å². The lowest BCUT2D eigenvalue weighted by molar-refractivity contribution is -0.275. The van der Waals surface area contributed by atoms with Crippen molar-refractivity contribution in [2.45, 2.75) is 74.4 Å². The molecule has 2 aliphatic rings. The fourth-order valence-electron chi connectivity index (χ4n) is 9.50. The molecule has 76 heavy (non-hydrogen) atoms. The molecule has 10 rings (SSSR count). The molecule has 2 aliphatic heterocycles. The number of hydrogen-bond acceptors (Lipinski definition) is 11. The summed E-state index contributed by atoms with van der Waals surface area (Å²) in [5.41, 5.74) is 7.69. The number of carbonyl (C=O) groups is 1. The van der Waals surface area contributed by atoms with E-state index in [-0.39, 0.29) is 22.5 Å². The first kappa shape index (κ1) is 53.3. The minimum atomic E-state index is -4.83. The van der Waals surface area contributed by atoms with E-state index in [0.29, 0.717) is 61.1 Å². The van der Waals surface area contributed by atoms with Gasteiger partial charge in [0.25, 0.3) is 5.91 Å². The highest BCUT2D eigenvalue weighted by Crippen LogP contribution is 2.34. The number of halogens is 7. The molecule has 2 saturated heterocycles. The van der Waals surface area contributed by atoms with E-state index >= 15 is 0 Å². The molecule has 5 heterocycles. The number of ether oxygens (including phenoxy) is 2. The van der Waals surface area contributed by atoms with Crippen LogP contribution < -0.4 is 29.9 Å². The van der Waals surface area contributed by atoms with E-state index in [1.165, 1.54) is 18.5 Å². The van der Waals surface area contributed by atoms with Gasteiger partial charge in [-0.05, 0) is 146 Å². The van der Waals surface area contributed by atoms with Crippen LogP contribution in [0.5, 0.6) is 11.5 Å². The average Bonchev–Trinajstić information content (AvgIpc) is 3.81. The number of aromatic nitrogens is 4. The Morgan fingerprint density at radius 1 is 0.711 bits per heavy atom. The molecule has 5 aromatic carbocycles. The highest BCUT2D eigenvalue weighted by molar-refractivity contribution is 7.92. The number of alkyl halides is 6. The molecule has 396 valence electrons. The first-order chi connectivity index (χ1) is 36.4. The van der Waals surface area contributed by atoms with Crippen LogP contribution >= 0.6 is 11.6 Å². The number of nitrogens with zero attached hydrogens (tertiary/aromatic N) is 6. The predicted octanol–water partition coefficient (Wildman–Crippen LogP) is 12.5. The van der Waals surface area contributed by atoms with E-state index in [9.17, 15) is 39.6 Å². The SMILES string of the molecule is CCc1nc2ccc(Cl)cn2c1C(=O)NCc1ccc(N2CCC(c3ccc(OC(F)(F)F)cc3)CC2)cc1.O=S(=O)(c1ccc(OC(F)(F)F)cc1)C1CCN(c2ccc(Nc3ncnc4ccccc34)cc2)CC1. The highest BCUT2D eigenvalue weighted by atomic mass is 35.5. The summed E-state index contributed by atoms with van der Waals surface area (Å²) in [6, 6.07) is 37.8. The second-order valence-electron chi connectivity index (χ2n) is 18.2. The number of imidazole rings is 1. The van der Waals surface area contributed by atoms with E-state index in [1.807, 2.05) is 67.6 Å². The fourth-order valence-corrected chi connectivity index (χ4v) is 11.4. The Morgan fingerprint density at radius 3 is 1.89 bits per heavy atom. The van der Waals surface area contributed by atoms with Crippen molar-refractivity contribution in [1.82, 2.24) is 24.7 Å². The largest absolute Gasteiger partial charge is 0.573 e. The Bertz CT molecular complexity index is 3380. The van der Waals surface area contributed by atoms with Gasteiger partial charge in [-0.1, -0.05) is 54.9 Å². The zero-order chi connectivity index (χ0) is 53.6. The average molecular weight is 1090 g/mol. The third-order valence-electron chi connectivity index (χ3n) is 13.3. The number of pyridine rings is 1. The Morgan fingerprint density at radius 2 is 1.29 bits per heavy atom. The first-order valence-corrected chi connectivity index (χ1v) is 26.4. The molecule has 0 bridgehead atoms. The lowest BCUT2D eigenvalue weighted by Gasteiger charge is -2.34. The van der Waals surface area contributed by atoms with E-state index in [4.69, 9.17) is 11.6 Å². The van der Waals surface area contributed by atoms with Gasteiger partial charge in [-0.3, -0.25) is 9.20 Å². The number of rotatable bonds is 13. The number of fused-ring (bicyclic) bond motifs is 2. The van der Waals surface area contributed by atoms with Gasteiger partial charge in [-0.15, -0.1) is 26.3 Å². The van der Waals surface area contributed by atoms with Gasteiger partial charge in [0, 0.05) is 61.4 Å². The van der Waals surface area contributed by atoms with Crippen LogP contribution in [0.4, 0.5) is 49.2 Å². The van der Waals surface area contributed by atoms with Gasteiger partial charge in [-0.25, -0.2) is 23.4 Å². The van der Waals surface area contributed by atoms with Crippen LogP contribution in [0.2, 0.25) is 5.02 Å². The van der Waals surface area contributed by atoms with E-state index in [0.717, 1.165) is 95.0 Å². The summed E-state index contributed by atoms with van der Waals surface area (Å²) in [6.45, 7) is 5.12. The monoisotopic (exact) mass is 1080 g/mol. The summed E-state index contributed by atoms with van der Waals surface area (Å²) in [4.78, 5) is 30.6. The van der Waals surface area contributed by atoms with Crippen molar-refractivity contribution in [3.63, 3.8) is 0 Å². The molecule has 0 unspecified atom stereocenters. The molecule has 0 spiro atoms. The number of carbonyl (C=O) groups excluding carboxylic acids is 1. The Kier molecular flexibility index (Phi) is 15.9. The molecule has 1 amide bonds. The number of sulfone groups is 1. The summed E-state index contributed by atoms with van der Waals surface area (Å²) < 4.78 is 110. The number of hydrogen-bond donors (Lipinski definition) is 2. The number of para-hydroxylation sites is 1. The first-order valence-electron chi connectivity index (χ1n) is 24.4. The summed E-state index contributed by atoms with van der Waals surface area (Å²) in [5.74, 6) is 0.146. The lowest BCUT2D eigenvalue weighted by atomic mass is 9.89. The number of nitrogens with one attached hydrogen (secondary N) is 2. The summed E-state index contributed by atoms with van der Waals surface area (Å²) in [6.07, 6.45) is -3.03. The summed E-state index contributed by atoms with van der Waals surface area (Å²) in [5, 5.41) is 7.16. The highest BCUT2D eigenvalue weighted by Gasteiger charge is 2.34. The quantitative estimate of drug-likeness (QED) is 0.107. The van der Waals surface area contributed by atoms with Gasteiger partial charge in [0.15, 0.2) is 9.84 Å². The molecular weight excluding hydrogens is 1030 g/mol. The second-order valence-corrected chi connectivity index (χ2v) is 20.9. The Labute approximate surface area is 439 Å². The number of piperidine rings is 2. The molecular formula is C55H51ClF6N8O5S. The van der Waals surface area contributed by atoms with Crippen molar-refractivity contribution in [1.29, 1.82) is 0 Å². The van der Waals surface area contributed by atoms with Crippen LogP contribution in [-0.2, 0) is 22.8 Å². The maximum absolute atomic E-state index is 13.0. The second kappa shape index (κ2) is 22.7. The molecule has 2 N–H and O–H groups in total. The van der Waals surface area contributed by atoms with Crippen molar-refractivity contribution in [3.05, 3.63) is 174 Å². The molecule has 0 saturated carbocycles. The van der Waals surface area contributed by atoms with Crippen molar-refractivity contribution in [2.75, 3.05) is 41.3 Å². The van der Waals surface area contributed by atoms with Crippen molar-refractivity contribution < 1.29 is 49.0 Å². The lowest BCUT2D eigenvalue weighted by Crippen LogP contribution is -2.39. The van der Waals surface area contributed by atoms with E-state index in [2.05, 4.69) is 57.0 Å². The van der Waals surface area contributed by atoms with Crippen molar-refractivity contribution >= 4 is 66.8 Å². The van der Waals surface area contributed by atoms with Gasteiger partial charge >= 0.3 is 12.7 Å². The topological polar surface area (TPSA) is 143 Å². The smallest absolute Gasteiger partial charge is 0.406 e. The van der Waals surface area contributed by atoms with E-state index < -0.39 is 33.6 Å². The maximum Gasteiger partial charge on any atom is 0.573 e. The van der Waals surface area contributed by atoms with E-state index in [1.54, 1.807) is 34.9 Å². The van der Waals surface area contributed by atoms with Crippen molar-refractivity contribution in [3.8, 4) is 11.5 Å². The molecule has 3 aromatic heterocycles. The van der Waals surface area contributed by atoms with Gasteiger partial charge in [-0.2, -0.15) is 0 Å². The summed E-state index contributed by atoms with van der Waals surface area (Å²) in [7, 11) is -3.67. The number of benzene rings is 5. The number of aryl methyl sites for hydroxylation is 1. The molecule has 8 aromatic rings. The molecule has 0 aliphatic carbocycles. The Hall–Kier alpha value is -7.58. The van der Waals surface area contributed by atoms with Crippen LogP contribution in [0.15, 0.2) is 151 Å². The van der Waals surface area contributed by atoms with Gasteiger partial charge in [0.05, 0.1) is 26.4 Å². The molecule has 0 radical (unpaired) electrons. The van der Waals surface area contributed by atoms with Gasteiger partial charge in [0.2, 0.25) is 0 Å². The zero-order valence-corrected chi connectivity index (χ0v) is 42.4. The van der Waals surface area contributed by atoms with Crippen LogP contribution in [0.1, 0.15) is 65.8 Å². The third kappa shape index (κ3) is 13.1. The predicted molar refractivity (Wildman–Crippen MR) is 279 cm³/mol. The molecule has 2 fully saturated rings. The maximum atomic E-state index is 13.0. The van der Waals surface area contributed by atoms with Crippen LogP contribution in [-0.4, -0.2) is 77.8 Å². The van der Waals surface area contributed by atoms with Gasteiger partial charge < -0.3 is 29.9 Å². The van der Waals surface area contributed by atoms with Crippen LogP contribution in [0, 0.1) is 0 Å². The fraction of sp³-hybridized carbons (Fsp3) is 0.273. The third-order valence-corrected chi connectivity index (χ3v) is 15.8. The summed E-state index contributed by atoms with van der Waals surface area (Å²) >= 11 is 6.14. The van der Waals surface area contributed by atoms with Gasteiger partial charge in [0.1, 0.15) is 35.0 Å². The van der Waals surface area contributed by atoms with Crippen molar-refractivity contribution in [2.24, 2.45) is 0 Å². The minimum absolute atomic E-state index is 0.00635.